The molecule has 6 nitrogen and oxygen atoms in total. The molecule has 0 aliphatic carbocycles. The average Bonchev–Trinajstić information content (AvgIpc) is 2.54. The van der Waals surface area contributed by atoms with Crippen LogP contribution in [0.3, 0.4) is 0 Å². The van der Waals surface area contributed by atoms with E-state index in [1.807, 2.05) is 19.9 Å². The summed E-state index contributed by atoms with van der Waals surface area (Å²) in [7, 11) is 0. The fraction of sp³-hybridized carbons (Fsp3) is 0.455. The molecule has 17 heavy (non-hydrogen) atoms. The number of nitrogens with zero attached hydrogens (tertiary/aromatic N) is 6. The molecule has 2 rings (SSSR count). The molecule has 0 aromatic carbocycles. The van der Waals surface area contributed by atoms with Crippen molar-refractivity contribution in [2.75, 3.05) is 6.54 Å². The van der Waals surface area contributed by atoms with Gasteiger partial charge in [-0.05, 0) is 19.9 Å². The highest BCUT2D eigenvalue weighted by Crippen LogP contribution is 2.06. The molecule has 0 bridgehead atoms. The van der Waals surface area contributed by atoms with Crippen LogP contribution < -0.4 is 0 Å². The van der Waals surface area contributed by atoms with Crippen LogP contribution in [0.5, 0.6) is 0 Å². The zero-order chi connectivity index (χ0) is 12.1. The monoisotopic (exact) mass is 230 g/mol. The lowest BCUT2D eigenvalue weighted by Gasteiger charge is -1.98. The Hall–Kier alpha value is -1.98. The number of rotatable bonds is 3. The molecular weight excluding hydrogens is 216 g/mol. The van der Waals surface area contributed by atoms with Crippen LogP contribution in [-0.4, -0.2) is 27.6 Å². The van der Waals surface area contributed by atoms with Crippen LogP contribution in [0.4, 0.5) is 0 Å². The minimum Gasteiger partial charge on any atom is -0.265 e. The Labute approximate surface area is 99.6 Å². The Morgan fingerprint density at radius 2 is 2.00 bits per heavy atom. The molecule has 0 spiro atoms. The summed E-state index contributed by atoms with van der Waals surface area (Å²) in [5.74, 6) is 1.43. The maximum Gasteiger partial charge on any atom is 0.147 e. The van der Waals surface area contributed by atoms with Crippen molar-refractivity contribution >= 4 is 5.84 Å². The van der Waals surface area contributed by atoms with E-state index in [1.165, 1.54) is 0 Å². The van der Waals surface area contributed by atoms with Gasteiger partial charge in [0.2, 0.25) is 0 Å². The van der Waals surface area contributed by atoms with Gasteiger partial charge in [-0.1, -0.05) is 0 Å². The molecule has 1 aromatic rings. The van der Waals surface area contributed by atoms with E-state index >= 15 is 0 Å². The van der Waals surface area contributed by atoms with Gasteiger partial charge in [-0.2, -0.15) is 10.2 Å². The van der Waals surface area contributed by atoms with Crippen molar-refractivity contribution in [3.8, 4) is 0 Å². The third-order valence-electron chi connectivity index (χ3n) is 2.31. The number of azo groups is 1. The van der Waals surface area contributed by atoms with Crippen molar-refractivity contribution in [1.29, 1.82) is 0 Å². The second-order valence-electron chi connectivity index (χ2n) is 3.80. The Balaban J connectivity index is 1.93. The summed E-state index contributed by atoms with van der Waals surface area (Å²) >= 11 is 0. The quantitative estimate of drug-likeness (QED) is 0.795. The van der Waals surface area contributed by atoms with E-state index in [-0.39, 0.29) is 0 Å². The second-order valence-corrected chi connectivity index (χ2v) is 3.80. The Bertz CT molecular complexity index is 471. The minimum absolute atomic E-state index is 0.645. The van der Waals surface area contributed by atoms with E-state index in [0.717, 1.165) is 23.6 Å². The number of aliphatic imine (C=N–C) groups is 1. The van der Waals surface area contributed by atoms with Gasteiger partial charge in [0.05, 0.1) is 24.1 Å². The molecule has 0 fully saturated rings. The van der Waals surface area contributed by atoms with Crippen LogP contribution in [0.1, 0.15) is 24.9 Å². The SMILES string of the molecule is CC1=CCN=C(CCc2cnc(C)nn2)N=N1. The molecule has 0 saturated carbocycles. The molecule has 1 aliphatic heterocycles. The lowest BCUT2D eigenvalue weighted by Crippen LogP contribution is -2.02. The predicted molar refractivity (Wildman–Crippen MR) is 63.8 cm³/mol. The van der Waals surface area contributed by atoms with Gasteiger partial charge in [-0.25, -0.2) is 4.98 Å². The van der Waals surface area contributed by atoms with Crippen molar-refractivity contribution in [2.24, 2.45) is 15.2 Å². The first-order chi connectivity index (χ1) is 8.24. The lowest BCUT2D eigenvalue weighted by molar-refractivity contribution is 0.821. The van der Waals surface area contributed by atoms with E-state index < -0.39 is 0 Å². The summed E-state index contributed by atoms with van der Waals surface area (Å²) in [5, 5.41) is 16.1. The fourth-order valence-corrected chi connectivity index (χ4v) is 1.33. The lowest BCUT2D eigenvalue weighted by atomic mass is 10.2. The maximum absolute atomic E-state index is 4.32. The molecule has 0 unspecified atom stereocenters. The van der Waals surface area contributed by atoms with Crippen molar-refractivity contribution in [3.05, 3.63) is 29.5 Å². The molecule has 2 heterocycles. The van der Waals surface area contributed by atoms with Crippen LogP contribution in [0.2, 0.25) is 0 Å². The molecule has 88 valence electrons. The number of hydrogen-bond acceptors (Lipinski definition) is 6. The highest BCUT2D eigenvalue weighted by molar-refractivity contribution is 5.83. The molecule has 6 heteroatoms. The number of aryl methyl sites for hydroxylation is 2. The van der Waals surface area contributed by atoms with Gasteiger partial charge in [0.15, 0.2) is 0 Å². The third kappa shape index (κ3) is 3.51. The van der Waals surface area contributed by atoms with Gasteiger partial charge in [-0.15, -0.1) is 10.2 Å². The van der Waals surface area contributed by atoms with Gasteiger partial charge in [0.1, 0.15) is 11.7 Å². The van der Waals surface area contributed by atoms with Gasteiger partial charge in [0.25, 0.3) is 0 Å². The van der Waals surface area contributed by atoms with Crippen molar-refractivity contribution < 1.29 is 0 Å². The van der Waals surface area contributed by atoms with E-state index in [2.05, 4.69) is 30.4 Å². The first-order valence-electron chi connectivity index (χ1n) is 5.51. The topological polar surface area (TPSA) is 75.8 Å². The molecule has 0 amide bonds. The highest BCUT2D eigenvalue weighted by Gasteiger charge is 2.03. The summed E-state index contributed by atoms with van der Waals surface area (Å²) in [6.45, 7) is 4.37. The molecule has 0 atom stereocenters. The number of allylic oxidation sites excluding steroid dienone is 1. The smallest absolute Gasteiger partial charge is 0.147 e. The number of amidine groups is 1. The average molecular weight is 230 g/mol. The van der Waals surface area contributed by atoms with Crippen LogP contribution in [0.15, 0.2) is 33.2 Å². The van der Waals surface area contributed by atoms with Gasteiger partial charge < -0.3 is 0 Å². The molecular formula is C11H14N6. The van der Waals surface area contributed by atoms with Gasteiger partial charge in [-0.3, -0.25) is 4.99 Å². The Morgan fingerprint density at radius 1 is 1.12 bits per heavy atom. The van der Waals surface area contributed by atoms with Crippen LogP contribution in [0, 0.1) is 6.92 Å². The molecule has 0 saturated heterocycles. The summed E-state index contributed by atoms with van der Waals surface area (Å²) in [6, 6.07) is 0. The Kier molecular flexibility index (Phi) is 3.64. The maximum atomic E-state index is 4.32. The second kappa shape index (κ2) is 5.38. The first-order valence-corrected chi connectivity index (χ1v) is 5.51. The largest absolute Gasteiger partial charge is 0.265 e. The zero-order valence-electron chi connectivity index (χ0n) is 9.96. The number of aromatic nitrogens is 3. The van der Waals surface area contributed by atoms with E-state index in [1.54, 1.807) is 6.20 Å². The minimum atomic E-state index is 0.645. The fourth-order valence-electron chi connectivity index (χ4n) is 1.33. The molecule has 0 radical (unpaired) electrons. The van der Waals surface area contributed by atoms with E-state index in [4.69, 9.17) is 0 Å². The van der Waals surface area contributed by atoms with Crippen molar-refractivity contribution in [3.63, 3.8) is 0 Å². The normalized spacial score (nSPS) is 15.2. The summed E-state index contributed by atoms with van der Waals surface area (Å²) in [4.78, 5) is 8.41. The highest BCUT2D eigenvalue weighted by atomic mass is 15.2. The molecule has 1 aromatic heterocycles. The summed E-state index contributed by atoms with van der Waals surface area (Å²) in [5.41, 5.74) is 1.75. The van der Waals surface area contributed by atoms with E-state index in [9.17, 15) is 0 Å². The van der Waals surface area contributed by atoms with E-state index in [0.29, 0.717) is 18.8 Å². The first kappa shape index (κ1) is 11.5. The standard InChI is InChI=1S/C11H14N6/c1-8-5-6-12-11(17-14-8)4-3-10-7-13-9(2)15-16-10/h5,7H,3-4,6H2,1-2H3. The predicted octanol–water partition coefficient (Wildman–Crippen LogP) is 1.88. The van der Waals surface area contributed by atoms with Gasteiger partial charge >= 0.3 is 0 Å². The zero-order valence-corrected chi connectivity index (χ0v) is 9.96. The van der Waals surface area contributed by atoms with Crippen molar-refractivity contribution in [2.45, 2.75) is 26.7 Å². The number of hydrogen-bond donors (Lipinski definition) is 0. The molecule has 1 aliphatic rings. The van der Waals surface area contributed by atoms with Crippen LogP contribution in [-0.2, 0) is 6.42 Å². The summed E-state index contributed by atoms with van der Waals surface area (Å²) < 4.78 is 0. The van der Waals surface area contributed by atoms with Crippen LogP contribution in [0.25, 0.3) is 0 Å². The van der Waals surface area contributed by atoms with Crippen molar-refractivity contribution in [1.82, 2.24) is 15.2 Å². The Morgan fingerprint density at radius 3 is 2.76 bits per heavy atom. The van der Waals surface area contributed by atoms with Gasteiger partial charge in [0, 0.05) is 12.8 Å². The van der Waals surface area contributed by atoms with Crippen LogP contribution >= 0.6 is 0 Å². The summed E-state index contributed by atoms with van der Waals surface area (Å²) in [6.07, 6.45) is 5.13. The molecule has 0 N–H and O–H groups in total. The third-order valence-corrected chi connectivity index (χ3v) is 2.31.